The first kappa shape index (κ1) is 23.2. The Balaban J connectivity index is 0.00000280. The molecule has 1 aromatic carbocycles. The van der Waals surface area contributed by atoms with Crippen LogP contribution < -0.4 is 15.5 Å². The van der Waals surface area contributed by atoms with Crippen molar-refractivity contribution in [1.82, 2.24) is 10.6 Å². The number of piperidine rings is 1. The predicted octanol–water partition coefficient (Wildman–Crippen LogP) is 3.79. The van der Waals surface area contributed by atoms with E-state index in [2.05, 4.69) is 22.5 Å². The standard InChI is InChI=1S/C21H33FN4O.HI/c1-2-23-21(25-17-6-4-3-5-7-17)24-15-16-8-9-20(19(22)14-16)26-12-10-18(27)11-13-26;/h8-9,14,17-18,27H,2-7,10-13,15H2,1H3,(H2,23,24,25);1H. The number of rotatable bonds is 5. The number of hydrogen-bond donors (Lipinski definition) is 3. The Morgan fingerprint density at radius 2 is 1.89 bits per heavy atom. The maximum absolute atomic E-state index is 14.6. The minimum absolute atomic E-state index is 0. The first-order chi connectivity index (χ1) is 13.2. The van der Waals surface area contributed by atoms with Crippen molar-refractivity contribution in [3.63, 3.8) is 0 Å². The highest BCUT2D eigenvalue weighted by Crippen LogP contribution is 2.24. The molecular weight excluding hydrogens is 470 g/mol. The summed E-state index contributed by atoms with van der Waals surface area (Å²) >= 11 is 0. The zero-order chi connectivity index (χ0) is 19.1. The minimum Gasteiger partial charge on any atom is -0.393 e. The Morgan fingerprint density at radius 3 is 2.54 bits per heavy atom. The van der Waals surface area contributed by atoms with Gasteiger partial charge in [0.25, 0.3) is 0 Å². The number of nitrogens with one attached hydrogen (secondary N) is 2. The Hall–Kier alpha value is -1.09. The summed E-state index contributed by atoms with van der Waals surface area (Å²) in [6, 6.07) is 5.88. The number of aliphatic hydroxyl groups excluding tert-OH is 1. The highest BCUT2D eigenvalue weighted by Gasteiger charge is 2.20. The Kier molecular flexibility index (Phi) is 9.77. The molecule has 3 N–H and O–H groups in total. The molecule has 0 amide bonds. The molecule has 7 heteroatoms. The van der Waals surface area contributed by atoms with Crippen LogP contribution in [-0.4, -0.2) is 42.8 Å². The third kappa shape index (κ3) is 6.76. The highest BCUT2D eigenvalue weighted by molar-refractivity contribution is 14.0. The second kappa shape index (κ2) is 11.8. The maximum Gasteiger partial charge on any atom is 0.191 e. The molecule has 2 aliphatic rings. The number of halogens is 2. The van der Waals surface area contributed by atoms with Crippen LogP contribution in [0.4, 0.5) is 10.1 Å². The number of aliphatic hydroxyl groups is 1. The molecule has 1 aromatic rings. The number of guanidine groups is 1. The second-order valence-corrected chi connectivity index (χ2v) is 7.68. The first-order valence-electron chi connectivity index (χ1n) is 10.4. The van der Waals surface area contributed by atoms with Gasteiger partial charge < -0.3 is 20.6 Å². The summed E-state index contributed by atoms with van der Waals surface area (Å²) in [6.07, 6.45) is 7.41. The van der Waals surface area contributed by atoms with E-state index in [0.717, 1.165) is 18.1 Å². The molecule has 1 aliphatic carbocycles. The lowest BCUT2D eigenvalue weighted by molar-refractivity contribution is 0.145. The topological polar surface area (TPSA) is 59.9 Å². The van der Waals surface area contributed by atoms with Gasteiger partial charge >= 0.3 is 0 Å². The number of aliphatic imine (C=N–C) groups is 1. The molecule has 3 rings (SSSR count). The van der Waals surface area contributed by atoms with E-state index in [0.29, 0.717) is 44.2 Å². The summed E-state index contributed by atoms with van der Waals surface area (Å²) in [4.78, 5) is 6.67. The molecule has 1 aliphatic heterocycles. The van der Waals surface area contributed by atoms with Crippen molar-refractivity contribution in [2.75, 3.05) is 24.5 Å². The summed E-state index contributed by atoms with van der Waals surface area (Å²) in [5.74, 6) is 0.614. The number of hydrogen-bond acceptors (Lipinski definition) is 3. The largest absolute Gasteiger partial charge is 0.393 e. The average molecular weight is 504 g/mol. The predicted molar refractivity (Wildman–Crippen MR) is 124 cm³/mol. The van der Waals surface area contributed by atoms with Crippen molar-refractivity contribution in [3.05, 3.63) is 29.6 Å². The van der Waals surface area contributed by atoms with Gasteiger partial charge in [-0.2, -0.15) is 0 Å². The van der Waals surface area contributed by atoms with Crippen LogP contribution >= 0.6 is 24.0 Å². The van der Waals surface area contributed by atoms with Crippen LogP contribution in [0.1, 0.15) is 57.4 Å². The lowest BCUT2D eigenvalue weighted by Crippen LogP contribution is -2.44. The molecule has 158 valence electrons. The molecule has 0 aromatic heterocycles. The fraction of sp³-hybridized carbons (Fsp3) is 0.667. The smallest absolute Gasteiger partial charge is 0.191 e. The van der Waals surface area contributed by atoms with E-state index < -0.39 is 0 Å². The van der Waals surface area contributed by atoms with Crippen LogP contribution in [0.5, 0.6) is 0 Å². The molecule has 2 fully saturated rings. The van der Waals surface area contributed by atoms with Crippen molar-refractivity contribution < 1.29 is 9.50 Å². The zero-order valence-electron chi connectivity index (χ0n) is 16.8. The SMILES string of the molecule is CCNC(=NCc1ccc(N2CCC(O)CC2)c(F)c1)NC1CCCCC1.I. The molecule has 5 nitrogen and oxygen atoms in total. The number of nitrogens with zero attached hydrogens (tertiary/aromatic N) is 2. The third-order valence-electron chi connectivity index (χ3n) is 5.53. The van der Waals surface area contributed by atoms with Crippen LogP contribution in [0.2, 0.25) is 0 Å². The normalized spacial score (nSPS) is 19.2. The molecule has 1 saturated carbocycles. The molecule has 1 saturated heterocycles. The van der Waals surface area contributed by atoms with Crippen LogP contribution in [0.3, 0.4) is 0 Å². The molecule has 0 bridgehead atoms. The molecule has 28 heavy (non-hydrogen) atoms. The van der Waals surface area contributed by atoms with Gasteiger partial charge in [-0.05, 0) is 50.3 Å². The van der Waals surface area contributed by atoms with E-state index in [4.69, 9.17) is 0 Å². The van der Waals surface area contributed by atoms with Gasteiger partial charge in [0, 0.05) is 25.7 Å². The van der Waals surface area contributed by atoms with Crippen LogP contribution in [0.15, 0.2) is 23.2 Å². The molecule has 0 atom stereocenters. The molecule has 0 spiro atoms. The van der Waals surface area contributed by atoms with E-state index in [1.165, 1.54) is 32.1 Å². The van der Waals surface area contributed by atoms with Crippen molar-refractivity contribution in [3.8, 4) is 0 Å². The monoisotopic (exact) mass is 504 g/mol. The average Bonchev–Trinajstić information content (AvgIpc) is 2.68. The fourth-order valence-electron chi connectivity index (χ4n) is 3.94. The first-order valence-corrected chi connectivity index (χ1v) is 10.4. The third-order valence-corrected chi connectivity index (χ3v) is 5.53. The van der Waals surface area contributed by atoms with Crippen LogP contribution in [0.25, 0.3) is 0 Å². The van der Waals surface area contributed by atoms with Gasteiger partial charge in [0.15, 0.2) is 5.96 Å². The maximum atomic E-state index is 14.6. The van der Waals surface area contributed by atoms with E-state index in [-0.39, 0.29) is 35.9 Å². The van der Waals surface area contributed by atoms with Crippen molar-refractivity contribution in [2.45, 2.75) is 70.6 Å². The Labute approximate surface area is 185 Å². The van der Waals surface area contributed by atoms with Gasteiger partial charge in [-0.1, -0.05) is 25.3 Å². The minimum atomic E-state index is -0.251. The van der Waals surface area contributed by atoms with Gasteiger partial charge in [0.2, 0.25) is 0 Å². The summed E-state index contributed by atoms with van der Waals surface area (Å²) in [5, 5.41) is 16.4. The van der Waals surface area contributed by atoms with Crippen LogP contribution in [-0.2, 0) is 6.54 Å². The summed E-state index contributed by atoms with van der Waals surface area (Å²) in [7, 11) is 0. The van der Waals surface area contributed by atoms with E-state index in [9.17, 15) is 9.50 Å². The summed E-state index contributed by atoms with van der Waals surface area (Å²) in [5.41, 5.74) is 1.50. The quantitative estimate of drug-likeness (QED) is 0.325. The van der Waals surface area contributed by atoms with Gasteiger partial charge in [-0.3, -0.25) is 0 Å². The van der Waals surface area contributed by atoms with E-state index in [1.807, 2.05) is 17.0 Å². The fourth-order valence-corrected chi connectivity index (χ4v) is 3.94. The van der Waals surface area contributed by atoms with E-state index >= 15 is 0 Å². The van der Waals surface area contributed by atoms with Crippen molar-refractivity contribution in [1.29, 1.82) is 0 Å². The number of anilines is 1. The van der Waals surface area contributed by atoms with Gasteiger partial charge in [-0.25, -0.2) is 9.38 Å². The van der Waals surface area contributed by atoms with E-state index in [1.54, 1.807) is 6.07 Å². The summed E-state index contributed by atoms with van der Waals surface area (Å²) in [6.45, 7) is 4.73. The zero-order valence-corrected chi connectivity index (χ0v) is 19.1. The molecule has 1 heterocycles. The lowest BCUT2D eigenvalue weighted by atomic mass is 9.96. The molecular formula is C21H34FIN4O. The lowest BCUT2D eigenvalue weighted by Gasteiger charge is -2.31. The van der Waals surface area contributed by atoms with Gasteiger partial charge in [0.05, 0.1) is 18.3 Å². The van der Waals surface area contributed by atoms with Gasteiger partial charge in [0.1, 0.15) is 5.82 Å². The molecule has 0 unspecified atom stereocenters. The summed E-state index contributed by atoms with van der Waals surface area (Å²) < 4.78 is 14.6. The highest BCUT2D eigenvalue weighted by atomic mass is 127. The van der Waals surface area contributed by atoms with Gasteiger partial charge in [-0.15, -0.1) is 24.0 Å². The molecule has 0 radical (unpaired) electrons. The Morgan fingerprint density at radius 1 is 1.18 bits per heavy atom. The van der Waals surface area contributed by atoms with Crippen molar-refractivity contribution >= 4 is 35.6 Å². The van der Waals surface area contributed by atoms with Crippen LogP contribution in [0, 0.1) is 5.82 Å². The Bertz CT molecular complexity index is 629. The van der Waals surface area contributed by atoms with Crippen molar-refractivity contribution in [2.24, 2.45) is 4.99 Å². The second-order valence-electron chi connectivity index (χ2n) is 7.68. The number of benzene rings is 1.